The van der Waals surface area contributed by atoms with Crippen LogP contribution < -0.4 is 0 Å². The fourth-order valence-corrected chi connectivity index (χ4v) is 0.111. The molecule has 62 valence electrons. The number of hydrogen-bond donors (Lipinski definition) is 0. The van der Waals surface area contributed by atoms with E-state index in [4.69, 9.17) is 11.6 Å². The standard InChI is InChI=1S/C4H8O2.C3H7Cl/c1-4(2)6-3-5;1-3(2)4/h3-4H,1-2H3;3H,1-2H3. The second kappa shape index (κ2) is 8.76. The van der Waals surface area contributed by atoms with Gasteiger partial charge in [0.15, 0.2) is 0 Å². The summed E-state index contributed by atoms with van der Waals surface area (Å²) in [6.07, 6.45) is 0.0301. The molecular weight excluding hydrogens is 152 g/mol. The Morgan fingerprint density at radius 1 is 1.30 bits per heavy atom. The van der Waals surface area contributed by atoms with Crippen molar-refractivity contribution >= 4 is 18.1 Å². The summed E-state index contributed by atoms with van der Waals surface area (Å²) < 4.78 is 4.36. The molecule has 0 bridgehead atoms. The number of alkyl halides is 1. The van der Waals surface area contributed by atoms with Gasteiger partial charge in [0.25, 0.3) is 6.47 Å². The van der Waals surface area contributed by atoms with Crippen LogP contribution in [0.4, 0.5) is 0 Å². The van der Waals surface area contributed by atoms with Gasteiger partial charge in [-0.2, -0.15) is 0 Å². The van der Waals surface area contributed by atoms with Crippen LogP contribution in [0, 0.1) is 0 Å². The molecule has 0 aromatic heterocycles. The maximum Gasteiger partial charge on any atom is 0.293 e. The molecule has 2 nitrogen and oxygen atoms in total. The maximum absolute atomic E-state index is 9.39. The van der Waals surface area contributed by atoms with Gasteiger partial charge in [0, 0.05) is 5.38 Å². The van der Waals surface area contributed by atoms with Gasteiger partial charge in [-0.05, 0) is 27.7 Å². The predicted octanol–water partition coefficient (Wildman–Crippen LogP) is 2.20. The zero-order valence-corrected chi connectivity index (χ0v) is 7.68. The quantitative estimate of drug-likeness (QED) is 0.465. The van der Waals surface area contributed by atoms with Gasteiger partial charge in [-0.15, -0.1) is 11.6 Å². The molecule has 3 heteroatoms. The summed E-state index contributed by atoms with van der Waals surface area (Å²) >= 11 is 5.27. The minimum atomic E-state index is 0.0301. The first-order valence-corrected chi connectivity index (χ1v) is 3.67. The molecule has 0 rings (SSSR count). The summed E-state index contributed by atoms with van der Waals surface area (Å²) in [7, 11) is 0. The Morgan fingerprint density at radius 3 is 1.60 bits per heavy atom. The molecule has 0 saturated carbocycles. The van der Waals surface area contributed by atoms with Crippen molar-refractivity contribution in [3.63, 3.8) is 0 Å². The fraction of sp³-hybridized carbons (Fsp3) is 0.857. The molecule has 0 heterocycles. The maximum atomic E-state index is 9.39. The fourth-order valence-electron chi connectivity index (χ4n) is 0.111. The lowest BCUT2D eigenvalue weighted by molar-refractivity contribution is -0.131. The van der Waals surface area contributed by atoms with Gasteiger partial charge in [0.1, 0.15) is 0 Å². The van der Waals surface area contributed by atoms with E-state index in [0.717, 1.165) is 0 Å². The zero-order valence-electron chi connectivity index (χ0n) is 6.93. The monoisotopic (exact) mass is 166 g/mol. The largest absolute Gasteiger partial charge is 0.465 e. The van der Waals surface area contributed by atoms with E-state index in [0.29, 0.717) is 11.8 Å². The Labute approximate surface area is 67.5 Å². The SMILES string of the molecule is CC(C)Cl.CC(C)OC=O. The van der Waals surface area contributed by atoms with Crippen LogP contribution in [-0.2, 0) is 9.53 Å². The van der Waals surface area contributed by atoms with E-state index in [2.05, 4.69) is 4.74 Å². The second-order valence-electron chi connectivity index (χ2n) is 2.29. The van der Waals surface area contributed by atoms with Crippen molar-refractivity contribution in [3.05, 3.63) is 0 Å². The van der Waals surface area contributed by atoms with Crippen LogP contribution in [0.5, 0.6) is 0 Å². The van der Waals surface area contributed by atoms with Crippen LogP contribution in [0.25, 0.3) is 0 Å². The highest BCUT2D eigenvalue weighted by molar-refractivity contribution is 6.20. The van der Waals surface area contributed by atoms with Crippen LogP contribution in [0.2, 0.25) is 0 Å². The van der Waals surface area contributed by atoms with Crippen LogP contribution in [-0.4, -0.2) is 18.0 Å². The first-order valence-electron chi connectivity index (χ1n) is 3.23. The van der Waals surface area contributed by atoms with E-state index in [1.165, 1.54) is 0 Å². The van der Waals surface area contributed by atoms with Crippen molar-refractivity contribution in [2.24, 2.45) is 0 Å². The molecule has 0 atom stereocenters. The van der Waals surface area contributed by atoms with Crippen molar-refractivity contribution < 1.29 is 9.53 Å². The van der Waals surface area contributed by atoms with E-state index in [9.17, 15) is 4.79 Å². The Morgan fingerprint density at radius 2 is 1.60 bits per heavy atom. The topological polar surface area (TPSA) is 26.3 Å². The van der Waals surface area contributed by atoms with Crippen LogP contribution in [0.15, 0.2) is 0 Å². The third kappa shape index (κ3) is 46.6. The highest BCUT2D eigenvalue weighted by Gasteiger charge is 1.83. The molecule has 0 unspecified atom stereocenters. The van der Waals surface area contributed by atoms with E-state index >= 15 is 0 Å². The third-order valence-electron chi connectivity index (χ3n) is 0.328. The number of ether oxygens (including phenoxy) is 1. The smallest absolute Gasteiger partial charge is 0.293 e. The number of halogens is 1. The zero-order chi connectivity index (χ0) is 8.57. The first-order chi connectivity index (χ1) is 4.50. The summed E-state index contributed by atoms with van der Waals surface area (Å²) in [5, 5.41) is 0.306. The van der Waals surface area contributed by atoms with Crippen LogP contribution in [0.1, 0.15) is 27.7 Å². The summed E-state index contributed by atoms with van der Waals surface area (Å²) in [6, 6.07) is 0. The van der Waals surface area contributed by atoms with Gasteiger partial charge in [0.05, 0.1) is 6.10 Å². The number of carbonyl (C=O) groups is 1. The molecule has 0 fully saturated rings. The number of carbonyl (C=O) groups excluding carboxylic acids is 1. The highest BCUT2D eigenvalue weighted by atomic mass is 35.5. The summed E-state index contributed by atoms with van der Waals surface area (Å²) in [5.41, 5.74) is 0. The Hall–Kier alpha value is -0.240. The van der Waals surface area contributed by atoms with Crippen LogP contribution in [0.3, 0.4) is 0 Å². The Kier molecular flexibility index (Phi) is 10.9. The molecule has 0 saturated heterocycles. The lowest BCUT2D eigenvalue weighted by Gasteiger charge is -1.96. The number of hydrogen-bond acceptors (Lipinski definition) is 2. The Balaban J connectivity index is 0. The molecule has 0 N–H and O–H groups in total. The summed E-state index contributed by atoms with van der Waals surface area (Å²) in [4.78, 5) is 9.39. The minimum Gasteiger partial charge on any atom is -0.465 e. The molecule has 0 aliphatic heterocycles. The highest BCUT2D eigenvalue weighted by Crippen LogP contribution is 1.84. The van der Waals surface area contributed by atoms with Crippen molar-refractivity contribution in [2.75, 3.05) is 0 Å². The van der Waals surface area contributed by atoms with E-state index < -0.39 is 0 Å². The molecule has 0 amide bonds. The second-order valence-corrected chi connectivity index (χ2v) is 3.17. The molecular formula is C7H15ClO2. The molecule has 10 heavy (non-hydrogen) atoms. The summed E-state index contributed by atoms with van der Waals surface area (Å²) in [5.74, 6) is 0. The Bertz CT molecular complexity index is 69.3. The van der Waals surface area contributed by atoms with E-state index in [-0.39, 0.29) is 6.10 Å². The lowest BCUT2D eigenvalue weighted by atomic mass is 10.5. The number of rotatable bonds is 2. The molecule has 0 aromatic carbocycles. The van der Waals surface area contributed by atoms with Gasteiger partial charge in [-0.3, -0.25) is 4.79 Å². The van der Waals surface area contributed by atoms with Crippen molar-refractivity contribution in [1.29, 1.82) is 0 Å². The van der Waals surface area contributed by atoms with Gasteiger partial charge in [0.2, 0.25) is 0 Å². The minimum absolute atomic E-state index is 0.0301. The predicted molar refractivity (Wildman–Crippen MR) is 43.3 cm³/mol. The van der Waals surface area contributed by atoms with Crippen molar-refractivity contribution in [2.45, 2.75) is 39.2 Å². The van der Waals surface area contributed by atoms with Gasteiger partial charge < -0.3 is 4.74 Å². The third-order valence-corrected chi connectivity index (χ3v) is 0.328. The molecule has 0 aliphatic carbocycles. The van der Waals surface area contributed by atoms with Crippen molar-refractivity contribution in [1.82, 2.24) is 0 Å². The van der Waals surface area contributed by atoms with Crippen molar-refractivity contribution in [3.8, 4) is 0 Å². The first kappa shape index (κ1) is 12.4. The average Bonchev–Trinajstić information content (AvgIpc) is 1.62. The van der Waals surface area contributed by atoms with Gasteiger partial charge in [-0.25, -0.2) is 0 Å². The summed E-state index contributed by atoms with van der Waals surface area (Å²) in [6.45, 7) is 7.91. The van der Waals surface area contributed by atoms with Crippen LogP contribution >= 0.6 is 11.6 Å². The molecule has 0 radical (unpaired) electrons. The lowest BCUT2D eigenvalue weighted by Crippen LogP contribution is -1.98. The normalized spacial score (nSPS) is 8.70. The molecule has 0 aliphatic rings. The van der Waals surface area contributed by atoms with Gasteiger partial charge in [-0.1, -0.05) is 0 Å². The molecule has 0 aromatic rings. The average molecular weight is 167 g/mol. The van der Waals surface area contributed by atoms with Gasteiger partial charge >= 0.3 is 0 Å². The van der Waals surface area contributed by atoms with E-state index in [1.807, 2.05) is 13.8 Å². The molecule has 0 spiro atoms. The van der Waals surface area contributed by atoms with E-state index in [1.54, 1.807) is 13.8 Å².